The predicted molar refractivity (Wildman–Crippen MR) is 68.5 cm³/mol. The Morgan fingerprint density at radius 2 is 1.94 bits per heavy atom. The Labute approximate surface area is 103 Å². The summed E-state index contributed by atoms with van der Waals surface area (Å²) < 4.78 is 5.12. The van der Waals surface area contributed by atoms with E-state index in [1.807, 2.05) is 32.0 Å². The molecule has 94 valence electrons. The van der Waals surface area contributed by atoms with Crippen molar-refractivity contribution in [3.05, 3.63) is 35.9 Å². The van der Waals surface area contributed by atoms with Crippen molar-refractivity contribution in [3.8, 4) is 0 Å². The molecule has 0 aliphatic rings. The van der Waals surface area contributed by atoms with Gasteiger partial charge >= 0.3 is 5.97 Å². The molecule has 3 nitrogen and oxygen atoms in total. The summed E-state index contributed by atoms with van der Waals surface area (Å²) in [4.78, 5) is 11.4. The first-order valence-corrected chi connectivity index (χ1v) is 6.07. The highest BCUT2D eigenvalue weighted by atomic mass is 16.5. The molecule has 1 aromatic carbocycles. The summed E-state index contributed by atoms with van der Waals surface area (Å²) in [6.45, 7) is 4.26. The fourth-order valence-corrected chi connectivity index (χ4v) is 1.46. The van der Waals surface area contributed by atoms with Gasteiger partial charge in [-0.15, -0.1) is 0 Å². The van der Waals surface area contributed by atoms with Gasteiger partial charge in [0.1, 0.15) is 6.04 Å². The van der Waals surface area contributed by atoms with Crippen molar-refractivity contribution in [2.45, 2.75) is 32.7 Å². The molecule has 0 fully saturated rings. The third kappa shape index (κ3) is 5.00. The summed E-state index contributed by atoms with van der Waals surface area (Å²) in [6, 6.07) is 9.65. The summed E-state index contributed by atoms with van der Waals surface area (Å²) in [7, 11) is 0. The summed E-state index contributed by atoms with van der Waals surface area (Å²) in [5.41, 5.74) is 6.94. The van der Waals surface area contributed by atoms with Crippen LogP contribution in [0, 0.1) is 5.92 Å². The molecule has 1 aromatic rings. The minimum absolute atomic E-state index is 0.122. The molecule has 0 bridgehead atoms. The third-order valence-corrected chi connectivity index (χ3v) is 2.69. The second kappa shape index (κ2) is 7.07. The topological polar surface area (TPSA) is 52.3 Å². The van der Waals surface area contributed by atoms with Gasteiger partial charge in [0.15, 0.2) is 0 Å². The van der Waals surface area contributed by atoms with Gasteiger partial charge in [0.2, 0.25) is 0 Å². The molecule has 0 radical (unpaired) electrons. The van der Waals surface area contributed by atoms with Gasteiger partial charge in [-0.25, -0.2) is 0 Å². The summed E-state index contributed by atoms with van der Waals surface area (Å²) in [6.07, 6.45) is 1.76. The predicted octanol–water partition coefficient (Wildman–Crippen LogP) is 2.15. The number of hydrogen-bond donors (Lipinski definition) is 1. The second-order valence-electron chi connectivity index (χ2n) is 4.53. The normalized spacial score (nSPS) is 12.5. The molecule has 2 N–H and O–H groups in total. The van der Waals surface area contributed by atoms with Gasteiger partial charge in [-0.1, -0.05) is 44.2 Å². The van der Waals surface area contributed by atoms with E-state index < -0.39 is 6.04 Å². The fraction of sp³-hybridized carbons (Fsp3) is 0.500. The Balaban J connectivity index is 2.18. The first-order valence-electron chi connectivity index (χ1n) is 6.07. The van der Waals surface area contributed by atoms with Crippen molar-refractivity contribution in [2.24, 2.45) is 11.7 Å². The number of carbonyl (C=O) groups excluding carboxylic acids is 1. The monoisotopic (exact) mass is 235 g/mol. The molecular weight excluding hydrogens is 214 g/mol. The van der Waals surface area contributed by atoms with Crippen LogP contribution in [0.25, 0.3) is 0 Å². The van der Waals surface area contributed by atoms with Crippen molar-refractivity contribution in [1.82, 2.24) is 0 Å². The Bertz CT molecular complexity index is 335. The van der Waals surface area contributed by atoms with Gasteiger partial charge in [-0.3, -0.25) is 4.79 Å². The number of nitrogens with two attached hydrogens (primary N) is 1. The number of aryl methyl sites for hydroxylation is 1. The smallest absolute Gasteiger partial charge is 0.323 e. The van der Waals surface area contributed by atoms with Crippen LogP contribution in [0.2, 0.25) is 0 Å². The molecule has 0 heterocycles. The Hall–Kier alpha value is -1.35. The SMILES string of the molecule is CC(C)[C@@H](N)C(=O)OCCCc1ccccc1. The Morgan fingerprint density at radius 1 is 1.29 bits per heavy atom. The van der Waals surface area contributed by atoms with Gasteiger partial charge in [-0.2, -0.15) is 0 Å². The van der Waals surface area contributed by atoms with E-state index in [1.165, 1.54) is 5.56 Å². The maximum Gasteiger partial charge on any atom is 0.323 e. The second-order valence-corrected chi connectivity index (χ2v) is 4.53. The number of rotatable bonds is 6. The molecule has 0 aliphatic carbocycles. The lowest BCUT2D eigenvalue weighted by atomic mass is 10.1. The van der Waals surface area contributed by atoms with E-state index >= 15 is 0 Å². The zero-order valence-electron chi connectivity index (χ0n) is 10.6. The fourth-order valence-electron chi connectivity index (χ4n) is 1.46. The average Bonchev–Trinajstić information content (AvgIpc) is 2.34. The summed E-state index contributed by atoms with van der Waals surface area (Å²) in [5.74, 6) is -0.176. The van der Waals surface area contributed by atoms with Gasteiger partial charge < -0.3 is 10.5 Å². The van der Waals surface area contributed by atoms with Crippen molar-refractivity contribution in [2.75, 3.05) is 6.61 Å². The Morgan fingerprint density at radius 3 is 2.53 bits per heavy atom. The van der Waals surface area contributed by atoms with E-state index in [-0.39, 0.29) is 11.9 Å². The highest BCUT2D eigenvalue weighted by Gasteiger charge is 2.18. The summed E-state index contributed by atoms with van der Waals surface area (Å²) >= 11 is 0. The number of ether oxygens (including phenoxy) is 1. The van der Waals surface area contributed by atoms with Crippen LogP contribution in [0.5, 0.6) is 0 Å². The van der Waals surface area contributed by atoms with Crippen LogP contribution in [0.3, 0.4) is 0 Å². The number of esters is 1. The molecule has 17 heavy (non-hydrogen) atoms. The Kier molecular flexibility index (Phi) is 5.70. The first-order chi connectivity index (χ1) is 8.11. The van der Waals surface area contributed by atoms with Crippen LogP contribution in [0.4, 0.5) is 0 Å². The molecule has 0 amide bonds. The maximum absolute atomic E-state index is 11.4. The van der Waals surface area contributed by atoms with Gasteiger partial charge in [0, 0.05) is 0 Å². The van der Waals surface area contributed by atoms with Crippen LogP contribution in [-0.4, -0.2) is 18.6 Å². The highest BCUT2D eigenvalue weighted by Crippen LogP contribution is 2.04. The minimum atomic E-state index is -0.508. The largest absolute Gasteiger partial charge is 0.465 e. The van der Waals surface area contributed by atoms with Crippen molar-refractivity contribution >= 4 is 5.97 Å². The van der Waals surface area contributed by atoms with Gasteiger partial charge in [0.25, 0.3) is 0 Å². The molecule has 0 spiro atoms. The molecule has 0 saturated heterocycles. The van der Waals surface area contributed by atoms with Gasteiger partial charge in [0.05, 0.1) is 6.61 Å². The van der Waals surface area contributed by atoms with Crippen molar-refractivity contribution in [1.29, 1.82) is 0 Å². The van der Waals surface area contributed by atoms with Gasteiger partial charge in [-0.05, 0) is 24.3 Å². The third-order valence-electron chi connectivity index (χ3n) is 2.69. The zero-order valence-corrected chi connectivity index (χ0v) is 10.6. The van der Waals surface area contributed by atoms with Crippen LogP contribution >= 0.6 is 0 Å². The molecule has 1 atom stereocenters. The number of benzene rings is 1. The van der Waals surface area contributed by atoms with Crippen LogP contribution in [0.1, 0.15) is 25.8 Å². The van der Waals surface area contributed by atoms with E-state index in [0.29, 0.717) is 6.61 Å². The van der Waals surface area contributed by atoms with Crippen LogP contribution in [0.15, 0.2) is 30.3 Å². The van der Waals surface area contributed by atoms with Crippen molar-refractivity contribution < 1.29 is 9.53 Å². The number of hydrogen-bond acceptors (Lipinski definition) is 3. The van der Waals surface area contributed by atoms with Crippen molar-refractivity contribution in [3.63, 3.8) is 0 Å². The van der Waals surface area contributed by atoms with E-state index in [2.05, 4.69) is 12.1 Å². The lowest BCUT2D eigenvalue weighted by Gasteiger charge is -2.14. The lowest BCUT2D eigenvalue weighted by Crippen LogP contribution is -2.37. The minimum Gasteiger partial charge on any atom is -0.465 e. The average molecular weight is 235 g/mol. The van der Waals surface area contributed by atoms with E-state index in [4.69, 9.17) is 10.5 Å². The molecular formula is C14H21NO2. The van der Waals surface area contributed by atoms with Crippen LogP contribution < -0.4 is 5.73 Å². The molecule has 3 heteroatoms. The van der Waals surface area contributed by atoms with E-state index in [9.17, 15) is 4.79 Å². The quantitative estimate of drug-likeness (QED) is 0.607. The molecule has 0 saturated carbocycles. The standard InChI is InChI=1S/C14H21NO2/c1-11(2)13(15)14(16)17-10-6-9-12-7-4-3-5-8-12/h3-5,7-8,11,13H,6,9-10,15H2,1-2H3/t13-/m1/s1. The van der Waals surface area contributed by atoms with Crippen LogP contribution in [-0.2, 0) is 16.0 Å². The first kappa shape index (κ1) is 13.7. The maximum atomic E-state index is 11.4. The molecule has 0 unspecified atom stereocenters. The highest BCUT2D eigenvalue weighted by molar-refractivity contribution is 5.75. The summed E-state index contributed by atoms with van der Waals surface area (Å²) in [5, 5.41) is 0. The molecule has 0 aliphatic heterocycles. The molecule has 1 rings (SSSR count). The zero-order chi connectivity index (χ0) is 12.7. The number of carbonyl (C=O) groups is 1. The van der Waals surface area contributed by atoms with E-state index in [0.717, 1.165) is 12.8 Å². The lowest BCUT2D eigenvalue weighted by molar-refractivity contribution is -0.146. The molecule has 0 aromatic heterocycles. The van der Waals surface area contributed by atoms with E-state index in [1.54, 1.807) is 0 Å².